The summed E-state index contributed by atoms with van der Waals surface area (Å²) in [6, 6.07) is 5.03. The Morgan fingerprint density at radius 1 is 1.29 bits per heavy atom. The van der Waals surface area contributed by atoms with Crippen molar-refractivity contribution >= 4 is 5.78 Å². The number of ketones is 1. The minimum Gasteiger partial charge on any atom is -0.494 e. The van der Waals surface area contributed by atoms with E-state index in [1.54, 1.807) is 18.2 Å². The number of ether oxygens (including phenoxy) is 1. The van der Waals surface area contributed by atoms with E-state index in [2.05, 4.69) is 0 Å². The van der Waals surface area contributed by atoms with Crippen LogP contribution in [0.3, 0.4) is 0 Å². The third-order valence-electron chi connectivity index (χ3n) is 3.39. The molecule has 92 valence electrons. The molecule has 1 fully saturated rings. The molecule has 3 heteroatoms. The van der Waals surface area contributed by atoms with Crippen molar-refractivity contribution in [3.8, 4) is 5.75 Å². The normalized spacial score (nSPS) is 21.1. The van der Waals surface area contributed by atoms with Crippen LogP contribution in [-0.4, -0.2) is 12.9 Å². The first kappa shape index (κ1) is 12.1. The van der Waals surface area contributed by atoms with E-state index in [0.29, 0.717) is 12.0 Å². The molecule has 0 N–H and O–H groups in total. The number of carbonyl (C=O) groups is 1. The second-order valence-electron chi connectivity index (χ2n) is 4.48. The van der Waals surface area contributed by atoms with E-state index in [9.17, 15) is 9.18 Å². The van der Waals surface area contributed by atoms with Crippen LogP contribution in [0, 0.1) is 5.82 Å². The highest BCUT2D eigenvalue weighted by Gasteiger charge is 2.26. The molecule has 0 aromatic heterocycles. The van der Waals surface area contributed by atoms with E-state index in [1.165, 1.54) is 7.11 Å². The molecule has 2 rings (SSSR count). The Labute approximate surface area is 101 Å². The Kier molecular flexibility index (Phi) is 3.77. The summed E-state index contributed by atoms with van der Waals surface area (Å²) in [5.74, 6) is -0.281. The summed E-state index contributed by atoms with van der Waals surface area (Å²) >= 11 is 0. The van der Waals surface area contributed by atoms with Crippen LogP contribution >= 0.6 is 0 Å². The van der Waals surface area contributed by atoms with Crippen molar-refractivity contribution in [3.63, 3.8) is 0 Å². The molecule has 1 unspecified atom stereocenters. The lowest BCUT2D eigenvalue weighted by Gasteiger charge is -2.15. The molecule has 1 aliphatic carbocycles. The molecular formula is C14H17FO2. The highest BCUT2D eigenvalue weighted by molar-refractivity contribution is 5.86. The average molecular weight is 236 g/mol. The predicted octanol–water partition coefficient (Wildman–Crippen LogP) is 3.45. The number of benzene rings is 1. The van der Waals surface area contributed by atoms with Gasteiger partial charge in [-0.15, -0.1) is 0 Å². The van der Waals surface area contributed by atoms with Crippen LogP contribution in [0.1, 0.15) is 43.6 Å². The number of hydrogen-bond acceptors (Lipinski definition) is 2. The van der Waals surface area contributed by atoms with Gasteiger partial charge in [-0.1, -0.05) is 25.0 Å². The molecule has 0 saturated heterocycles. The number of Topliss-reactive ketones (excluding diaryl/α,β-unsaturated/α-hetero) is 1. The molecule has 17 heavy (non-hydrogen) atoms. The Morgan fingerprint density at radius 3 is 2.88 bits per heavy atom. The number of carbonyl (C=O) groups excluding carboxylic acids is 1. The van der Waals surface area contributed by atoms with Gasteiger partial charge in [-0.3, -0.25) is 4.79 Å². The van der Waals surface area contributed by atoms with Crippen LogP contribution in [0.4, 0.5) is 4.39 Å². The molecule has 0 aliphatic heterocycles. The van der Waals surface area contributed by atoms with E-state index >= 15 is 0 Å². The molecule has 0 amide bonds. The van der Waals surface area contributed by atoms with Crippen molar-refractivity contribution in [3.05, 3.63) is 29.6 Å². The van der Waals surface area contributed by atoms with Crippen LogP contribution in [0.5, 0.6) is 5.75 Å². The van der Waals surface area contributed by atoms with E-state index in [-0.39, 0.29) is 23.3 Å². The molecule has 0 spiro atoms. The minimum absolute atomic E-state index is 0.162. The monoisotopic (exact) mass is 236 g/mol. The Balaban J connectivity index is 2.34. The summed E-state index contributed by atoms with van der Waals surface area (Å²) in [5, 5.41) is 0. The maximum Gasteiger partial charge on any atom is 0.168 e. The third-order valence-corrected chi connectivity index (χ3v) is 3.39. The van der Waals surface area contributed by atoms with E-state index in [0.717, 1.165) is 25.7 Å². The van der Waals surface area contributed by atoms with Gasteiger partial charge in [-0.2, -0.15) is 0 Å². The molecule has 1 aromatic rings. The van der Waals surface area contributed by atoms with E-state index < -0.39 is 0 Å². The zero-order chi connectivity index (χ0) is 12.3. The van der Waals surface area contributed by atoms with Crippen molar-refractivity contribution in [2.24, 2.45) is 0 Å². The molecule has 0 heterocycles. The molecule has 1 saturated carbocycles. The van der Waals surface area contributed by atoms with Gasteiger partial charge in [0.15, 0.2) is 11.6 Å². The molecule has 2 nitrogen and oxygen atoms in total. The Morgan fingerprint density at radius 2 is 2.12 bits per heavy atom. The van der Waals surface area contributed by atoms with Crippen molar-refractivity contribution in [2.45, 2.75) is 38.0 Å². The summed E-state index contributed by atoms with van der Waals surface area (Å²) in [6.45, 7) is 0. The molecule has 1 atom stereocenters. The minimum atomic E-state index is -0.379. The van der Waals surface area contributed by atoms with Gasteiger partial charge < -0.3 is 4.74 Å². The highest BCUT2D eigenvalue weighted by atomic mass is 19.1. The molecule has 1 aromatic carbocycles. The Hall–Kier alpha value is -1.38. The van der Waals surface area contributed by atoms with Gasteiger partial charge in [0.25, 0.3) is 0 Å². The standard InChI is InChI=1S/C14H17FO2/c1-17-13-9-5-7-11(14(13)15)10-6-3-2-4-8-12(10)16/h5,7,9-10H,2-4,6,8H2,1H3. The van der Waals surface area contributed by atoms with Gasteiger partial charge in [-0.25, -0.2) is 4.39 Å². The first-order valence-electron chi connectivity index (χ1n) is 6.09. The van der Waals surface area contributed by atoms with Crippen LogP contribution < -0.4 is 4.74 Å². The van der Waals surface area contributed by atoms with Gasteiger partial charge in [0.1, 0.15) is 5.78 Å². The maximum atomic E-state index is 14.1. The highest BCUT2D eigenvalue weighted by Crippen LogP contribution is 2.33. The van der Waals surface area contributed by atoms with Crippen LogP contribution in [0.2, 0.25) is 0 Å². The van der Waals surface area contributed by atoms with Gasteiger partial charge in [0.05, 0.1) is 7.11 Å². The lowest BCUT2D eigenvalue weighted by Crippen LogP contribution is -2.12. The van der Waals surface area contributed by atoms with Crippen molar-refractivity contribution < 1.29 is 13.9 Å². The lowest BCUT2D eigenvalue weighted by molar-refractivity contribution is -0.120. The SMILES string of the molecule is COc1cccc(C2CCCCCC2=O)c1F. The summed E-state index contributed by atoms with van der Waals surface area (Å²) in [5.41, 5.74) is 0.497. The fourth-order valence-corrected chi connectivity index (χ4v) is 2.44. The fraction of sp³-hybridized carbons (Fsp3) is 0.500. The summed E-state index contributed by atoms with van der Waals surface area (Å²) < 4.78 is 19.0. The van der Waals surface area contributed by atoms with Crippen molar-refractivity contribution in [2.75, 3.05) is 7.11 Å². The zero-order valence-corrected chi connectivity index (χ0v) is 10.0. The molecular weight excluding hydrogens is 219 g/mol. The van der Waals surface area contributed by atoms with Gasteiger partial charge in [0, 0.05) is 17.9 Å². The summed E-state index contributed by atoms with van der Waals surface area (Å²) in [4.78, 5) is 12.0. The van der Waals surface area contributed by atoms with Gasteiger partial charge in [-0.05, 0) is 18.9 Å². The smallest absolute Gasteiger partial charge is 0.168 e. The van der Waals surface area contributed by atoms with Crippen LogP contribution in [-0.2, 0) is 4.79 Å². The van der Waals surface area contributed by atoms with Crippen molar-refractivity contribution in [1.82, 2.24) is 0 Å². The average Bonchev–Trinajstić information content (AvgIpc) is 2.55. The maximum absolute atomic E-state index is 14.1. The Bertz CT molecular complexity index is 415. The third kappa shape index (κ3) is 2.48. The lowest BCUT2D eigenvalue weighted by atomic mass is 9.90. The number of methoxy groups -OCH3 is 1. The number of halogens is 1. The zero-order valence-electron chi connectivity index (χ0n) is 10.0. The van der Waals surface area contributed by atoms with Crippen LogP contribution in [0.25, 0.3) is 0 Å². The molecule has 1 aliphatic rings. The fourth-order valence-electron chi connectivity index (χ4n) is 2.44. The first-order chi connectivity index (χ1) is 8.24. The first-order valence-corrected chi connectivity index (χ1v) is 6.09. The molecule has 0 bridgehead atoms. The quantitative estimate of drug-likeness (QED) is 0.735. The van der Waals surface area contributed by atoms with Gasteiger partial charge in [0.2, 0.25) is 0 Å². The summed E-state index contributed by atoms with van der Waals surface area (Å²) in [7, 11) is 1.44. The topological polar surface area (TPSA) is 26.3 Å². The number of hydrogen-bond donors (Lipinski definition) is 0. The van der Waals surface area contributed by atoms with Crippen molar-refractivity contribution in [1.29, 1.82) is 0 Å². The number of rotatable bonds is 2. The van der Waals surface area contributed by atoms with Crippen LogP contribution in [0.15, 0.2) is 18.2 Å². The summed E-state index contributed by atoms with van der Waals surface area (Å²) in [6.07, 6.45) is 4.31. The molecule has 0 radical (unpaired) electrons. The van der Waals surface area contributed by atoms with E-state index in [4.69, 9.17) is 4.74 Å². The van der Waals surface area contributed by atoms with E-state index in [1.807, 2.05) is 0 Å². The van der Waals surface area contributed by atoms with Gasteiger partial charge >= 0.3 is 0 Å². The predicted molar refractivity (Wildman–Crippen MR) is 63.8 cm³/mol. The second kappa shape index (κ2) is 5.30. The largest absolute Gasteiger partial charge is 0.494 e. The second-order valence-corrected chi connectivity index (χ2v) is 4.48.